The number of aromatic amines is 1. The van der Waals surface area contributed by atoms with E-state index in [-0.39, 0.29) is 24.4 Å². The Labute approximate surface area is 167 Å². The van der Waals surface area contributed by atoms with Gasteiger partial charge in [-0.25, -0.2) is 4.98 Å². The van der Waals surface area contributed by atoms with Crippen molar-refractivity contribution in [1.82, 2.24) is 15.3 Å². The lowest BCUT2D eigenvalue weighted by atomic mass is 10.1. The van der Waals surface area contributed by atoms with Crippen molar-refractivity contribution in [2.75, 3.05) is 6.61 Å². The molecule has 0 spiro atoms. The van der Waals surface area contributed by atoms with E-state index in [1.165, 1.54) is 0 Å². The van der Waals surface area contributed by atoms with Crippen LogP contribution >= 0.6 is 0 Å². The van der Waals surface area contributed by atoms with Gasteiger partial charge in [-0.15, -0.1) is 0 Å². The van der Waals surface area contributed by atoms with Gasteiger partial charge < -0.3 is 19.5 Å². The van der Waals surface area contributed by atoms with Crippen LogP contribution in [-0.2, 0) is 20.7 Å². The molecule has 0 aliphatic rings. The molecule has 2 heterocycles. The maximum absolute atomic E-state index is 12.1. The summed E-state index contributed by atoms with van der Waals surface area (Å²) in [6.07, 6.45) is 0.186. The fourth-order valence-corrected chi connectivity index (χ4v) is 3.06. The monoisotopic (exact) mass is 397 g/mol. The highest BCUT2D eigenvalue weighted by molar-refractivity contribution is 5.81. The van der Waals surface area contributed by atoms with Crippen LogP contribution in [0.3, 0.4) is 0 Å². The minimum atomic E-state index is -0.559. The Morgan fingerprint density at radius 1 is 1.28 bits per heavy atom. The molecule has 8 heteroatoms. The average Bonchev–Trinajstić information content (AvgIpc) is 3.10. The van der Waals surface area contributed by atoms with Gasteiger partial charge >= 0.3 is 5.97 Å². The SMILES string of the molecule is Cc1nc(C)c(CCC(=O)OCC(=O)N[C@@H](C)c2cc3ccccc3o2)c(=O)[nH]1. The summed E-state index contributed by atoms with van der Waals surface area (Å²) < 4.78 is 10.7. The molecule has 0 fully saturated rings. The van der Waals surface area contributed by atoms with Crippen molar-refractivity contribution in [1.29, 1.82) is 0 Å². The maximum atomic E-state index is 12.1. The first-order valence-corrected chi connectivity index (χ1v) is 9.33. The molecule has 1 amide bonds. The van der Waals surface area contributed by atoms with E-state index in [4.69, 9.17) is 9.15 Å². The topological polar surface area (TPSA) is 114 Å². The average molecular weight is 397 g/mol. The maximum Gasteiger partial charge on any atom is 0.306 e. The van der Waals surface area contributed by atoms with E-state index in [1.54, 1.807) is 20.8 Å². The highest BCUT2D eigenvalue weighted by Gasteiger charge is 2.16. The number of carbonyl (C=O) groups excluding carboxylic acids is 2. The molecular formula is C21H23N3O5. The fraction of sp³-hybridized carbons (Fsp3) is 0.333. The van der Waals surface area contributed by atoms with Gasteiger partial charge in [0.15, 0.2) is 6.61 Å². The summed E-state index contributed by atoms with van der Waals surface area (Å²) in [6.45, 7) is 4.80. The third kappa shape index (κ3) is 5.10. The molecule has 0 saturated carbocycles. The van der Waals surface area contributed by atoms with Crippen LogP contribution in [0, 0.1) is 13.8 Å². The molecule has 1 atom stereocenters. The van der Waals surface area contributed by atoms with Gasteiger partial charge in [0.05, 0.1) is 6.04 Å². The van der Waals surface area contributed by atoms with Gasteiger partial charge in [0, 0.05) is 23.1 Å². The number of rotatable bonds is 7. The molecular weight excluding hydrogens is 374 g/mol. The highest BCUT2D eigenvalue weighted by Crippen LogP contribution is 2.23. The molecule has 3 rings (SSSR count). The van der Waals surface area contributed by atoms with Crippen molar-refractivity contribution in [2.45, 2.75) is 39.7 Å². The van der Waals surface area contributed by atoms with Crippen LogP contribution in [0.15, 0.2) is 39.5 Å². The number of furan rings is 1. The molecule has 0 aliphatic heterocycles. The lowest BCUT2D eigenvalue weighted by Crippen LogP contribution is -2.31. The minimum Gasteiger partial charge on any atom is -0.459 e. The number of nitrogens with zero attached hydrogens (tertiary/aromatic N) is 1. The normalized spacial score (nSPS) is 12.0. The van der Waals surface area contributed by atoms with E-state index in [2.05, 4.69) is 15.3 Å². The number of esters is 1. The number of H-pyrrole nitrogens is 1. The van der Waals surface area contributed by atoms with Crippen LogP contribution < -0.4 is 10.9 Å². The Balaban J connectivity index is 1.47. The van der Waals surface area contributed by atoms with Crippen molar-refractivity contribution in [3.8, 4) is 0 Å². The van der Waals surface area contributed by atoms with E-state index >= 15 is 0 Å². The summed E-state index contributed by atoms with van der Waals surface area (Å²) in [5.41, 5.74) is 1.50. The molecule has 2 N–H and O–H groups in total. The van der Waals surface area contributed by atoms with Gasteiger partial charge in [-0.2, -0.15) is 0 Å². The molecule has 152 valence electrons. The number of aromatic nitrogens is 2. The van der Waals surface area contributed by atoms with Gasteiger partial charge in [0.25, 0.3) is 11.5 Å². The lowest BCUT2D eigenvalue weighted by Gasteiger charge is -2.11. The summed E-state index contributed by atoms with van der Waals surface area (Å²) in [5, 5.41) is 3.69. The number of benzene rings is 1. The summed E-state index contributed by atoms with van der Waals surface area (Å²) >= 11 is 0. The van der Waals surface area contributed by atoms with Crippen LogP contribution in [0.1, 0.15) is 42.2 Å². The molecule has 29 heavy (non-hydrogen) atoms. The number of hydrogen-bond donors (Lipinski definition) is 2. The lowest BCUT2D eigenvalue weighted by molar-refractivity contribution is -0.148. The zero-order valence-electron chi connectivity index (χ0n) is 16.6. The van der Waals surface area contributed by atoms with Crippen molar-refractivity contribution in [3.05, 3.63) is 63.5 Å². The van der Waals surface area contributed by atoms with Crippen molar-refractivity contribution >= 4 is 22.8 Å². The number of fused-ring (bicyclic) bond motifs is 1. The number of aryl methyl sites for hydroxylation is 2. The second-order valence-corrected chi connectivity index (χ2v) is 6.85. The molecule has 0 aliphatic carbocycles. The number of carbonyl (C=O) groups is 2. The number of amides is 1. The zero-order valence-corrected chi connectivity index (χ0v) is 16.6. The van der Waals surface area contributed by atoms with Crippen molar-refractivity contribution in [3.63, 3.8) is 0 Å². The third-order valence-electron chi connectivity index (χ3n) is 4.53. The number of ether oxygens (including phenoxy) is 1. The van der Waals surface area contributed by atoms with Crippen molar-refractivity contribution in [2.24, 2.45) is 0 Å². The van der Waals surface area contributed by atoms with E-state index < -0.39 is 18.5 Å². The summed E-state index contributed by atoms with van der Waals surface area (Å²) in [4.78, 5) is 42.7. The van der Waals surface area contributed by atoms with Gasteiger partial charge in [-0.1, -0.05) is 18.2 Å². The molecule has 0 saturated heterocycles. The third-order valence-corrected chi connectivity index (χ3v) is 4.53. The van der Waals surface area contributed by atoms with Gasteiger partial charge in [0.2, 0.25) is 0 Å². The first kappa shape index (κ1) is 20.3. The second-order valence-electron chi connectivity index (χ2n) is 6.85. The van der Waals surface area contributed by atoms with Crippen LogP contribution in [0.5, 0.6) is 0 Å². The zero-order chi connectivity index (χ0) is 21.0. The van der Waals surface area contributed by atoms with Crippen LogP contribution in [0.2, 0.25) is 0 Å². The van der Waals surface area contributed by atoms with E-state index in [0.717, 1.165) is 11.0 Å². The Hall–Kier alpha value is -3.42. The second kappa shape index (κ2) is 8.72. The Bertz CT molecular complexity index is 1070. The minimum absolute atomic E-state index is 0.0128. The Morgan fingerprint density at radius 3 is 2.76 bits per heavy atom. The van der Waals surface area contributed by atoms with Gasteiger partial charge in [-0.3, -0.25) is 14.4 Å². The van der Waals surface area contributed by atoms with Crippen LogP contribution in [0.4, 0.5) is 0 Å². The van der Waals surface area contributed by atoms with E-state index in [1.807, 2.05) is 30.3 Å². The number of nitrogens with one attached hydrogen (secondary N) is 2. The summed E-state index contributed by atoms with van der Waals surface area (Å²) in [5.74, 6) is 0.148. The quantitative estimate of drug-likeness (QED) is 0.592. The molecule has 3 aromatic rings. The first-order chi connectivity index (χ1) is 13.8. The number of hydrogen-bond acceptors (Lipinski definition) is 6. The van der Waals surface area contributed by atoms with Crippen LogP contribution in [0.25, 0.3) is 11.0 Å². The Kier molecular flexibility index (Phi) is 6.11. The standard InChI is InChI=1S/C21H23N3O5/c1-12-16(21(27)24-14(3)22-12)8-9-20(26)28-11-19(25)23-13(2)18-10-15-6-4-5-7-17(15)29-18/h4-7,10,13H,8-9,11H2,1-3H3,(H,23,25)(H,22,24,27)/t13-/m0/s1. The highest BCUT2D eigenvalue weighted by atomic mass is 16.5. The van der Waals surface area contributed by atoms with Gasteiger partial charge in [-0.05, 0) is 39.3 Å². The smallest absolute Gasteiger partial charge is 0.306 e. The molecule has 2 aromatic heterocycles. The predicted molar refractivity (Wildman–Crippen MR) is 106 cm³/mol. The van der Waals surface area contributed by atoms with E-state index in [9.17, 15) is 14.4 Å². The first-order valence-electron chi connectivity index (χ1n) is 9.33. The van der Waals surface area contributed by atoms with E-state index in [0.29, 0.717) is 22.8 Å². The summed E-state index contributed by atoms with van der Waals surface area (Å²) in [6, 6.07) is 9.06. The molecule has 0 unspecified atom stereocenters. The molecule has 8 nitrogen and oxygen atoms in total. The molecule has 0 bridgehead atoms. The van der Waals surface area contributed by atoms with Gasteiger partial charge in [0.1, 0.15) is 17.2 Å². The fourth-order valence-electron chi connectivity index (χ4n) is 3.06. The number of para-hydroxylation sites is 1. The van der Waals surface area contributed by atoms with Crippen LogP contribution in [-0.4, -0.2) is 28.5 Å². The van der Waals surface area contributed by atoms with Crippen molar-refractivity contribution < 1.29 is 18.7 Å². The molecule has 1 aromatic carbocycles. The Morgan fingerprint density at radius 2 is 2.03 bits per heavy atom. The molecule has 0 radical (unpaired) electrons. The largest absolute Gasteiger partial charge is 0.459 e. The predicted octanol–water partition coefficient (Wildman–Crippen LogP) is 2.49. The summed E-state index contributed by atoms with van der Waals surface area (Å²) in [7, 11) is 0.